The summed E-state index contributed by atoms with van der Waals surface area (Å²) in [7, 11) is 0. The molecule has 0 N–H and O–H groups in total. The predicted octanol–water partition coefficient (Wildman–Crippen LogP) is 5.52. The highest BCUT2D eigenvalue weighted by Crippen LogP contribution is 2.44. The number of fused-ring (bicyclic) bond motifs is 3. The van der Waals surface area contributed by atoms with Crippen LogP contribution in [0.25, 0.3) is 0 Å². The van der Waals surface area contributed by atoms with E-state index in [9.17, 15) is 9.59 Å². The average molecular weight is 529 g/mol. The van der Waals surface area contributed by atoms with Crippen molar-refractivity contribution in [2.45, 2.75) is 102 Å². The van der Waals surface area contributed by atoms with Crippen molar-refractivity contribution in [3.05, 3.63) is 38.6 Å². The van der Waals surface area contributed by atoms with Crippen molar-refractivity contribution < 1.29 is 9.59 Å². The van der Waals surface area contributed by atoms with Crippen molar-refractivity contribution in [2.75, 3.05) is 13.1 Å². The lowest BCUT2D eigenvalue weighted by molar-refractivity contribution is -0.133. The molecule has 4 aliphatic rings. The molecule has 0 aromatic carbocycles. The van der Waals surface area contributed by atoms with E-state index in [4.69, 9.17) is 16.6 Å². The van der Waals surface area contributed by atoms with Gasteiger partial charge in [0.1, 0.15) is 11.6 Å². The molecule has 6 nitrogen and oxygen atoms in total. The molecular formula is C28H37ClN4O2S. The number of Topliss-reactive ketones (excluding diaryl/α,β-unsaturated/α-hetero) is 1. The first kappa shape index (κ1) is 24.6. The lowest BCUT2D eigenvalue weighted by Crippen LogP contribution is -2.44. The van der Waals surface area contributed by atoms with Crippen molar-refractivity contribution in [1.29, 1.82) is 0 Å². The highest BCUT2D eigenvalue weighted by molar-refractivity contribution is 7.16. The van der Waals surface area contributed by atoms with Crippen LogP contribution < -0.4 is 0 Å². The van der Waals surface area contributed by atoms with Gasteiger partial charge < -0.3 is 14.3 Å². The number of nitrogens with zero attached hydrogens (tertiary/aromatic N) is 4. The van der Waals surface area contributed by atoms with Gasteiger partial charge in [0, 0.05) is 59.9 Å². The topological polar surface area (TPSA) is 58.4 Å². The SMILES string of the molecule is CC(=O)C[C@@H](CCN1C2CCC1CC(n1c(C)nc3c1CCN(C(=O)C1CC1)C3)C2)c1ccc(Cl)s1. The lowest BCUT2D eigenvalue weighted by Gasteiger charge is -2.41. The minimum Gasteiger partial charge on any atom is -0.336 e. The fraction of sp³-hybridized carbons (Fsp3) is 0.679. The minimum absolute atomic E-state index is 0.254. The molecular weight excluding hydrogens is 492 g/mol. The van der Waals surface area contributed by atoms with E-state index in [-0.39, 0.29) is 17.6 Å². The molecule has 1 aliphatic carbocycles. The molecule has 2 aromatic rings. The van der Waals surface area contributed by atoms with Crippen molar-refractivity contribution in [3.63, 3.8) is 0 Å². The van der Waals surface area contributed by atoms with Crippen molar-refractivity contribution in [2.24, 2.45) is 5.92 Å². The first-order valence-corrected chi connectivity index (χ1v) is 14.9. The van der Waals surface area contributed by atoms with Gasteiger partial charge in [-0.25, -0.2) is 4.98 Å². The first-order valence-electron chi connectivity index (χ1n) is 13.7. The van der Waals surface area contributed by atoms with Gasteiger partial charge in [-0.3, -0.25) is 9.69 Å². The summed E-state index contributed by atoms with van der Waals surface area (Å²) in [4.78, 5) is 35.6. The molecule has 8 heteroatoms. The number of aromatic nitrogens is 2. The summed E-state index contributed by atoms with van der Waals surface area (Å²) in [6.07, 6.45) is 9.55. The van der Waals surface area contributed by atoms with Crippen LogP contribution in [-0.4, -0.2) is 56.2 Å². The van der Waals surface area contributed by atoms with Crippen LogP contribution in [-0.2, 0) is 22.6 Å². The molecule has 194 valence electrons. The monoisotopic (exact) mass is 528 g/mol. The fourth-order valence-electron chi connectivity index (χ4n) is 7.17. The molecule has 2 aromatic heterocycles. The van der Waals surface area contributed by atoms with E-state index in [1.165, 1.54) is 36.3 Å². The van der Waals surface area contributed by atoms with Crippen LogP contribution in [0.4, 0.5) is 0 Å². The second-order valence-corrected chi connectivity index (χ2v) is 13.2. The summed E-state index contributed by atoms with van der Waals surface area (Å²) in [6, 6.07) is 5.77. The van der Waals surface area contributed by atoms with Gasteiger partial charge in [0.2, 0.25) is 5.91 Å². The molecule has 2 unspecified atom stereocenters. The Morgan fingerprint density at radius 2 is 1.89 bits per heavy atom. The molecule has 5 heterocycles. The Hall–Kier alpha value is -1.70. The summed E-state index contributed by atoms with van der Waals surface area (Å²) in [6.45, 7) is 6.43. The first-order chi connectivity index (χ1) is 17.4. The average Bonchev–Trinajstić information content (AvgIpc) is 3.45. The van der Waals surface area contributed by atoms with Crippen LogP contribution in [0.1, 0.15) is 92.3 Å². The van der Waals surface area contributed by atoms with E-state index in [1.54, 1.807) is 18.3 Å². The molecule has 3 atom stereocenters. The van der Waals surface area contributed by atoms with Gasteiger partial charge in [0.05, 0.1) is 16.6 Å². The van der Waals surface area contributed by atoms with Crippen molar-refractivity contribution in [3.8, 4) is 0 Å². The number of ketones is 1. The zero-order chi connectivity index (χ0) is 25.0. The summed E-state index contributed by atoms with van der Waals surface area (Å²) >= 11 is 7.83. The molecule has 1 amide bonds. The predicted molar refractivity (Wildman–Crippen MR) is 143 cm³/mol. The second kappa shape index (κ2) is 9.88. The molecule has 1 saturated carbocycles. The molecule has 6 rings (SSSR count). The quantitative estimate of drug-likeness (QED) is 0.452. The number of carbonyl (C=O) groups is 2. The zero-order valence-electron chi connectivity index (χ0n) is 21.4. The third-order valence-electron chi connectivity index (χ3n) is 8.96. The van der Waals surface area contributed by atoms with Gasteiger partial charge in [-0.2, -0.15) is 0 Å². The Labute approximate surface area is 223 Å². The third kappa shape index (κ3) is 4.79. The van der Waals surface area contributed by atoms with Crippen molar-refractivity contribution in [1.82, 2.24) is 19.4 Å². The number of hydrogen-bond acceptors (Lipinski definition) is 5. The minimum atomic E-state index is 0.254. The number of halogens is 1. The van der Waals surface area contributed by atoms with E-state index in [1.807, 2.05) is 11.0 Å². The summed E-state index contributed by atoms with van der Waals surface area (Å²) in [5.74, 6) is 2.26. The highest BCUT2D eigenvalue weighted by Gasteiger charge is 2.43. The number of aryl methyl sites for hydroxylation is 1. The lowest BCUT2D eigenvalue weighted by atomic mass is 9.93. The van der Waals surface area contributed by atoms with Crippen LogP contribution in [0.2, 0.25) is 4.34 Å². The Balaban J connectivity index is 1.13. The highest BCUT2D eigenvalue weighted by atomic mass is 35.5. The molecule has 2 saturated heterocycles. The summed E-state index contributed by atoms with van der Waals surface area (Å²) < 4.78 is 3.35. The molecule has 3 aliphatic heterocycles. The maximum absolute atomic E-state index is 12.6. The van der Waals surface area contributed by atoms with Gasteiger partial charge in [-0.05, 0) is 77.5 Å². The second-order valence-electron chi connectivity index (χ2n) is 11.5. The van der Waals surface area contributed by atoms with Gasteiger partial charge in [-0.1, -0.05) is 11.6 Å². The van der Waals surface area contributed by atoms with Crippen molar-refractivity contribution >= 4 is 34.6 Å². The van der Waals surface area contributed by atoms with E-state index in [0.717, 1.165) is 54.6 Å². The van der Waals surface area contributed by atoms with E-state index in [2.05, 4.69) is 22.5 Å². The maximum atomic E-state index is 12.6. The van der Waals surface area contributed by atoms with Gasteiger partial charge in [-0.15, -0.1) is 11.3 Å². The zero-order valence-corrected chi connectivity index (χ0v) is 23.0. The van der Waals surface area contributed by atoms with Gasteiger partial charge in [0.15, 0.2) is 0 Å². The molecule has 0 spiro atoms. The summed E-state index contributed by atoms with van der Waals surface area (Å²) in [5, 5.41) is 0. The number of piperidine rings is 1. The van der Waals surface area contributed by atoms with E-state index < -0.39 is 0 Å². The normalized spacial score (nSPS) is 26.8. The Bertz CT molecular complexity index is 1140. The van der Waals surface area contributed by atoms with Crippen LogP contribution >= 0.6 is 22.9 Å². The Morgan fingerprint density at radius 3 is 2.53 bits per heavy atom. The number of hydrogen-bond donors (Lipinski definition) is 0. The van der Waals surface area contributed by atoms with Crippen LogP contribution in [0, 0.1) is 12.8 Å². The molecule has 2 bridgehead atoms. The van der Waals surface area contributed by atoms with Gasteiger partial charge in [0.25, 0.3) is 0 Å². The van der Waals surface area contributed by atoms with E-state index in [0.29, 0.717) is 37.0 Å². The number of thiophene rings is 1. The van der Waals surface area contributed by atoms with Crippen LogP contribution in [0.5, 0.6) is 0 Å². The smallest absolute Gasteiger partial charge is 0.226 e. The van der Waals surface area contributed by atoms with Crippen LogP contribution in [0.15, 0.2) is 12.1 Å². The standard InChI is InChI=1S/C28H37ClN4O2S/c1-17(34)13-20(26-7-8-27(29)36-26)9-12-32-21-5-6-22(32)15-23(14-21)33-18(2)30-24-16-31(11-10-25(24)33)28(35)19-3-4-19/h7-8,19-23H,3-6,9-16H2,1-2H3/t20-,21?,22?,23?/m1/s1. The number of rotatable bonds is 8. The maximum Gasteiger partial charge on any atom is 0.226 e. The third-order valence-corrected chi connectivity index (χ3v) is 10.4. The van der Waals surface area contributed by atoms with Crippen LogP contribution in [0.3, 0.4) is 0 Å². The van der Waals surface area contributed by atoms with Gasteiger partial charge >= 0.3 is 0 Å². The number of imidazole rings is 1. The number of amides is 1. The molecule has 3 fully saturated rings. The fourth-order valence-corrected chi connectivity index (χ4v) is 8.36. The largest absolute Gasteiger partial charge is 0.336 e. The molecule has 0 radical (unpaired) electrons. The number of carbonyl (C=O) groups excluding carboxylic acids is 2. The Morgan fingerprint density at radius 1 is 1.14 bits per heavy atom. The van der Waals surface area contributed by atoms with E-state index >= 15 is 0 Å². The molecule has 36 heavy (non-hydrogen) atoms. The Kier molecular flexibility index (Phi) is 6.76. The summed E-state index contributed by atoms with van der Waals surface area (Å²) in [5.41, 5.74) is 2.51.